The van der Waals surface area contributed by atoms with E-state index in [0.717, 1.165) is 18.9 Å². The van der Waals surface area contributed by atoms with Crippen molar-refractivity contribution in [2.75, 3.05) is 25.5 Å². The van der Waals surface area contributed by atoms with Gasteiger partial charge in [-0.25, -0.2) is 4.98 Å². The minimum atomic E-state index is 0.620. The number of aromatic nitrogens is 2. The van der Waals surface area contributed by atoms with E-state index in [2.05, 4.69) is 57.3 Å². The molecule has 4 heteroatoms. The van der Waals surface area contributed by atoms with Crippen LogP contribution < -0.4 is 5.32 Å². The maximum atomic E-state index is 4.32. The zero-order valence-electron chi connectivity index (χ0n) is 12.9. The predicted octanol–water partition coefficient (Wildman–Crippen LogP) is 2.84. The number of aryl methyl sites for hydroxylation is 1. The van der Waals surface area contributed by atoms with E-state index in [0.29, 0.717) is 5.92 Å². The van der Waals surface area contributed by atoms with Crippen molar-refractivity contribution in [2.24, 2.45) is 7.05 Å². The van der Waals surface area contributed by atoms with E-state index in [-0.39, 0.29) is 0 Å². The molecular weight excluding hydrogens is 260 g/mol. The topological polar surface area (TPSA) is 33.1 Å². The fourth-order valence-corrected chi connectivity index (χ4v) is 3.20. The van der Waals surface area contributed by atoms with Gasteiger partial charge in [0, 0.05) is 45.3 Å². The maximum Gasteiger partial charge on any atom is 0.125 e. The van der Waals surface area contributed by atoms with Gasteiger partial charge in [0.1, 0.15) is 5.82 Å². The number of piperidine rings is 1. The minimum absolute atomic E-state index is 0.620. The van der Waals surface area contributed by atoms with Crippen LogP contribution >= 0.6 is 0 Å². The molecule has 0 amide bonds. The van der Waals surface area contributed by atoms with E-state index in [9.17, 15) is 0 Å². The van der Waals surface area contributed by atoms with Crippen LogP contribution in [0.1, 0.15) is 30.0 Å². The first kappa shape index (κ1) is 14.1. The largest absolute Gasteiger partial charge is 0.373 e. The second-order valence-corrected chi connectivity index (χ2v) is 5.91. The highest BCUT2D eigenvalue weighted by Gasteiger charge is 2.22. The Bertz CT molecular complexity index is 590. The van der Waals surface area contributed by atoms with Crippen LogP contribution in [-0.4, -0.2) is 34.6 Å². The van der Waals surface area contributed by atoms with Crippen LogP contribution in [0.15, 0.2) is 36.7 Å². The Balaban J connectivity index is 1.69. The highest BCUT2D eigenvalue weighted by molar-refractivity contribution is 5.38. The number of hydrogen-bond donors (Lipinski definition) is 1. The molecule has 0 aromatic carbocycles. The van der Waals surface area contributed by atoms with E-state index < -0.39 is 0 Å². The molecule has 1 saturated heterocycles. The molecule has 2 aromatic rings. The molecule has 1 fully saturated rings. The van der Waals surface area contributed by atoms with E-state index >= 15 is 0 Å². The molecule has 1 aliphatic rings. The molecule has 0 spiro atoms. The standard InChI is InChI=1S/C17H24N4/c1-18-17-11-14(7-8-19-17)15-5-3-10-21(12-15)13-16-6-4-9-20(16)2/h4,6-9,11,15H,3,5,10,12-13H2,1-2H3,(H,18,19)/t15-/m0/s1. The first-order valence-corrected chi connectivity index (χ1v) is 7.72. The molecule has 21 heavy (non-hydrogen) atoms. The lowest BCUT2D eigenvalue weighted by atomic mass is 9.91. The highest BCUT2D eigenvalue weighted by Crippen LogP contribution is 2.28. The van der Waals surface area contributed by atoms with Crippen molar-refractivity contribution in [1.29, 1.82) is 0 Å². The molecule has 0 saturated carbocycles. The molecule has 3 heterocycles. The minimum Gasteiger partial charge on any atom is -0.373 e. The summed E-state index contributed by atoms with van der Waals surface area (Å²) in [6, 6.07) is 8.70. The van der Waals surface area contributed by atoms with Crippen molar-refractivity contribution in [2.45, 2.75) is 25.3 Å². The van der Waals surface area contributed by atoms with Crippen molar-refractivity contribution < 1.29 is 0 Å². The Kier molecular flexibility index (Phi) is 4.25. The third kappa shape index (κ3) is 3.27. The van der Waals surface area contributed by atoms with Gasteiger partial charge >= 0.3 is 0 Å². The zero-order chi connectivity index (χ0) is 14.7. The van der Waals surface area contributed by atoms with Crippen LogP contribution in [0, 0.1) is 0 Å². The summed E-state index contributed by atoms with van der Waals surface area (Å²) in [4.78, 5) is 6.89. The second-order valence-electron chi connectivity index (χ2n) is 5.91. The summed E-state index contributed by atoms with van der Waals surface area (Å²) in [5.74, 6) is 1.58. The van der Waals surface area contributed by atoms with Gasteiger partial charge in [-0.1, -0.05) is 0 Å². The van der Waals surface area contributed by atoms with Crippen LogP contribution in [0.5, 0.6) is 0 Å². The summed E-state index contributed by atoms with van der Waals surface area (Å²) in [6.45, 7) is 3.38. The number of hydrogen-bond acceptors (Lipinski definition) is 3. The van der Waals surface area contributed by atoms with Crippen LogP contribution in [0.25, 0.3) is 0 Å². The number of likely N-dealkylation sites (tertiary alicyclic amines) is 1. The van der Waals surface area contributed by atoms with Crippen LogP contribution in [0.4, 0.5) is 5.82 Å². The molecule has 0 unspecified atom stereocenters. The molecular formula is C17H24N4. The quantitative estimate of drug-likeness (QED) is 0.937. The molecule has 112 valence electrons. The van der Waals surface area contributed by atoms with E-state index in [4.69, 9.17) is 0 Å². The van der Waals surface area contributed by atoms with Crippen molar-refractivity contribution in [3.63, 3.8) is 0 Å². The van der Waals surface area contributed by atoms with Gasteiger partial charge in [0.05, 0.1) is 0 Å². The Hall–Kier alpha value is -1.81. The van der Waals surface area contributed by atoms with Gasteiger partial charge in [-0.2, -0.15) is 0 Å². The van der Waals surface area contributed by atoms with Crippen LogP contribution in [0.3, 0.4) is 0 Å². The number of nitrogens with one attached hydrogen (secondary N) is 1. The van der Waals surface area contributed by atoms with Crippen molar-refractivity contribution in [1.82, 2.24) is 14.5 Å². The second kappa shape index (κ2) is 6.31. The Morgan fingerprint density at radius 2 is 2.29 bits per heavy atom. The van der Waals surface area contributed by atoms with Crippen molar-refractivity contribution in [3.05, 3.63) is 47.9 Å². The average molecular weight is 284 g/mol. The summed E-state index contributed by atoms with van der Waals surface area (Å²) in [5, 5.41) is 3.13. The third-order valence-corrected chi connectivity index (χ3v) is 4.45. The molecule has 1 aliphatic heterocycles. The summed E-state index contributed by atoms with van der Waals surface area (Å²) >= 11 is 0. The van der Waals surface area contributed by atoms with Gasteiger partial charge in [-0.05, 0) is 55.1 Å². The van der Waals surface area contributed by atoms with Crippen molar-refractivity contribution >= 4 is 5.82 Å². The predicted molar refractivity (Wildman–Crippen MR) is 86.4 cm³/mol. The fraction of sp³-hybridized carbons (Fsp3) is 0.471. The summed E-state index contributed by atoms with van der Waals surface area (Å²) in [6.07, 6.45) is 6.58. The Morgan fingerprint density at radius 1 is 1.38 bits per heavy atom. The SMILES string of the molecule is CNc1cc([C@H]2CCCN(Cc3cccn3C)C2)ccn1. The lowest BCUT2D eigenvalue weighted by Gasteiger charge is -2.33. The molecule has 3 rings (SSSR count). The van der Waals surface area contributed by atoms with Gasteiger partial charge in [-0.15, -0.1) is 0 Å². The molecule has 4 nitrogen and oxygen atoms in total. The van der Waals surface area contributed by atoms with Gasteiger partial charge in [-0.3, -0.25) is 4.90 Å². The number of nitrogens with zero attached hydrogens (tertiary/aromatic N) is 3. The van der Waals surface area contributed by atoms with Crippen LogP contribution in [-0.2, 0) is 13.6 Å². The molecule has 0 bridgehead atoms. The van der Waals surface area contributed by atoms with Gasteiger partial charge in [0.25, 0.3) is 0 Å². The highest BCUT2D eigenvalue weighted by atomic mass is 15.1. The number of pyridine rings is 1. The monoisotopic (exact) mass is 284 g/mol. The first-order chi connectivity index (χ1) is 10.3. The number of rotatable bonds is 4. The van der Waals surface area contributed by atoms with Gasteiger partial charge in [0.2, 0.25) is 0 Å². The van der Waals surface area contributed by atoms with Gasteiger partial charge < -0.3 is 9.88 Å². The molecule has 2 aromatic heterocycles. The summed E-state index contributed by atoms with van der Waals surface area (Å²) < 4.78 is 2.22. The van der Waals surface area contributed by atoms with Crippen LogP contribution in [0.2, 0.25) is 0 Å². The lowest BCUT2D eigenvalue weighted by Crippen LogP contribution is -2.34. The Morgan fingerprint density at radius 3 is 3.05 bits per heavy atom. The van der Waals surface area contributed by atoms with E-state index in [1.807, 2.05) is 13.2 Å². The average Bonchev–Trinajstić information content (AvgIpc) is 2.93. The third-order valence-electron chi connectivity index (χ3n) is 4.45. The number of anilines is 1. The van der Waals surface area contributed by atoms with Crippen molar-refractivity contribution in [3.8, 4) is 0 Å². The van der Waals surface area contributed by atoms with E-state index in [1.165, 1.54) is 30.6 Å². The molecule has 0 radical (unpaired) electrons. The molecule has 0 aliphatic carbocycles. The Labute approximate surface area is 126 Å². The maximum absolute atomic E-state index is 4.32. The smallest absolute Gasteiger partial charge is 0.125 e. The zero-order valence-corrected chi connectivity index (χ0v) is 12.9. The molecule has 1 N–H and O–H groups in total. The van der Waals surface area contributed by atoms with E-state index in [1.54, 1.807) is 0 Å². The first-order valence-electron chi connectivity index (χ1n) is 7.72. The van der Waals surface area contributed by atoms with Gasteiger partial charge in [0.15, 0.2) is 0 Å². The normalized spacial score (nSPS) is 19.6. The molecule has 1 atom stereocenters. The lowest BCUT2D eigenvalue weighted by molar-refractivity contribution is 0.196. The summed E-state index contributed by atoms with van der Waals surface area (Å²) in [7, 11) is 4.05. The fourth-order valence-electron chi connectivity index (χ4n) is 3.20. The summed E-state index contributed by atoms with van der Waals surface area (Å²) in [5.41, 5.74) is 2.80.